The number of carbonyl (C=O) groups is 2. The average molecular weight is 432 g/mol. The summed E-state index contributed by atoms with van der Waals surface area (Å²) in [5.74, 6) is -1.07. The van der Waals surface area contributed by atoms with E-state index in [0.717, 1.165) is 0 Å². The molecule has 116 valence electrons. The van der Waals surface area contributed by atoms with Crippen molar-refractivity contribution in [3.63, 3.8) is 0 Å². The van der Waals surface area contributed by atoms with Crippen LogP contribution >= 0.6 is 31.9 Å². The molecule has 22 heavy (non-hydrogen) atoms. The summed E-state index contributed by atoms with van der Waals surface area (Å²) >= 11 is 7.07. The predicted octanol–water partition coefficient (Wildman–Crippen LogP) is 3.02. The second kappa shape index (κ2) is 5.73. The molecule has 6 nitrogen and oxygen atoms in total. The maximum atomic E-state index is 12.6. The molecule has 1 aromatic rings. The van der Waals surface area contributed by atoms with Gasteiger partial charge in [0.25, 0.3) is 5.69 Å². The van der Waals surface area contributed by atoms with Crippen LogP contribution in [0.4, 0.5) is 11.4 Å². The zero-order chi connectivity index (χ0) is 16.0. The first kappa shape index (κ1) is 15.6. The lowest BCUT2D eigenvalue weighted by molar-refractivity contribution is -0.384. The molecule has 1 saturated carbocycles. The number of halogens is 2. The van der Waals surface area contributed by atoms with E-state index >= 15 is 0 Å². The molecular weight excluding hydrogens is 420 g/mol. The first-order chi connectivity index (χ1) is 10.4. The molecule has 2 amide bonds. The molecule has 0 radical (unpaired) electrons. The van der Waals surface area contributed by atoms with Crippen LogP contribution < -0.4 is 4.90 Å². The number of anilines is 1. The SMILES string of the molecule is O=C1[C@@H]2C[C@@H](Br)[C@@H](Br)C[C@H]2C(=O)N1c1ccc([N+](=O)[O-])cc1. The largest absolute Gasteiger partial charge is 0.274 e. The molecule has 0 spiro atoms. The number of imide groups is 1. The average Bonchev–Trinajstić information content (AvgIpc) is 2.72. The lowest BCUT2D eigenvalue weighted by Crippen LogP contribution is -2.34. The monoisotopic (exact) mass is 430 g/mol. The second-order valence-electron chi connectivity index (χ2n) is 5.50. The van der Waals surface area contributed by atoms with Gasteiger partial charge in [-0.3, -0.25) is 24.6 Å². The van der Waals surface area contributed by atoms with Crippen LogP contribution in [-0.4, -0.2) is 26.4 Å². The first-order valence-corrected chi connectivity index (χ1v) is 8.63. The molecule has 1 aliphatic heterocycles. The number of carbonyl (C=O) groups excluding carboxylic acids is 2. The van der Waals surface area contributed by atoms with Crippen molar-refractivity contribution < 1.29 is 14.5 Å². The molecule has 0 unspecified atom stereocenters. The van der Waals surface area contributed by atoms with E-state index in [2.05, 4.69) is 31.9 Å². The third-order valence-corrected chi connectivity index (χ3v) is 6.96. The first-order valence-electron chi connectivity index (χ1n) is 6.80. The van der Waals surface area contributed by atoms with E-state index in [4.69, 9.17) is 0 Å². The Morgan fingerprint density at radius 2 is 1.45 bits per heavy atom. The minimum Gasteiger partial charge on any atom is -0.274 e. The van der Waals surface area contributed by atoms with Crippen LogP contribution in [0.5, 0.6) is 0 Å². The number of nitro benzene ring substituents is 1. The van der Waals surface area contributed by atoms with Crippen molar-refractivity contribution in [3.8, 4) is 0 Å². The van der Waals surface area contributed by atoms with Gasteiger partial charge in [-0.2, -0.15) is 0 Å². The molecule has 1 aromatic carbocycles. The second-order valence-corrected chi connectivity index (χ2v) is 7.85. The highest BCUT2D eigenvalue weighted by Crippen LogP contribution is 2.44. The van der Waals surface area contributed by atoms with E-state index in [9.17, 15) is 19.7 Å². The maximum Gasteiger partial charge on any atom is 0.269 e. The van der Waals surface area contributed by atoms with Gasteiger partial charge < -0.3 is 0 Å². The number of non-ortho nitro benzene ring substituents is 1. The zero-order valence-corrected chi connectivity index (χ0v) is 14.5. The smallest absolute Gasteiger partial charge is 0.269 e. The predicted molar refractivity (Wildman–Crippen MR) is 87.2 cm³/mol. The molecule has 0 bridgehead atoms. The zero-order valence-electron chi connectivity index (χ0n) is 11.3. The molecule has 2 fully saturated rings. The normalized spacial score (nSPS) is 31.3. The minimum atomic E-state index is -0.512. The molecule has 1 heterocycles. The number of fused-ring (bicyclic) bond motifs is 1. The lowest BCUT2D eigenvalue weighted by Gasteiger charge is -2.29. The van der Waals surface area contributed by atoms with Crippen LogP contribution in [0.25, 0.3) is 0 Å². The van der Waals surface area contributed by atoms with E-state index < -0.39 is 4.92 Å². The third kappa shape index (κ3) is 2.48. The molecule has 4 atom stereocenters. The summed E-state index contributed by atoms with van der Waals surface area (Å²) in [5, 5.41) is 10.7. The Kier molecular flexibility index (Phi) is 4.07. The van der Waals surface area contributed by atoms with Gasteiger partial charge in [0.05, 0.1) is 22.4 Å². The Morgan fingerprint density at radius 3 is 1.86 bits per heavy atom. The van der Waals surface area contributed by atoms with Crippen molar-refractivity contribution in [3.05, 3.63) is 34.4 Å². The molecule has 0 aromatic heterocycles. The van der Waals surface area contributed by atoms with Gasteiger partial charge in [-0.15, -0.1) is 0 Å². The standard InChI is InChI=1S/C14H12Br2N2O4/c15-11-5-9-10(6-12(11)16)14(20)17(13(9)19)7-1-3-8(4-2-7)18(21)22/h1-4,9-12H,5-6H2/t9-,10-,11-,12+/m1/s1. The number of nitro groups is 1. The molecule has 0 N–H and O–H groups in total. The number of rotatable bonds is 2. The van der Waals surface area contributed by atoms with Gasteiger partial charge in [0.1, 0.15) is 0 Å². The van der Waals surface area contributed by atoms with E-state index in [1.165, 1.54) is 29.2 Å². The fraction of sp³-hybridized carbons (Fsp3) is 0.429. The van der Waals surface area contributed by atoms with Crippen molar-refractivity contribution in [2.45, 2.75) is 22.5 Å². The number of nitrogens with zero attached hydrogens (tertiary/aromatic N) is 2. The molecule has 2 aliphatic rings. The van der Waals surface area contributed by atoms with E-state index in [-0.39, 0.29) is 39.0 Å². The summed E-state index contributed by atoms with van der Waals surface area (Å²) < 4.78 is 0. The van der Waals surface area contributed by atoms with Gasteiger partial charge in [-0.25, -0.2) is 0 Å². The van der Waals surface area contributed by atoms with Gasteiger partial charge >= 0.3 is 0 Å². The van der Waals surface area contributed by atoms with E-state index in [1.54, 1.807) is 0 Å². The van der Waals surface area contributed by atoms with Crippen molar-refractivity contribution in [1.82, 2.24) is 0 Å². The van der Waals surface area contributed by atoms with Crippen LogP contribution in [-0.2, 0) is 9.59 Å². The van der Waals surface area contributed by atoms with Crippen molar-refractivity contribution in [1.29, 1.82) is 0 Å². The fourth-order valence-electron chi connectivity index (χ4n) is 3.07. The molecule has 8 heteroatoms. The van der Waals surface area contributed by atoms with Crippen LogP contribution in [0.1, 0.15) is 12.8 Å². The number of amides is 2. The Balaban J connectivity index is 1.90. The number of hydrogen-bond acceptors (Lipinski definition) is 4. The fourth-order valence-corrected chi connectivity index (χ4v) is 4.31. The summed E-state index contributed by atoms with van der Waals surface area (Å²) in [6, 6.07) is 5.50. The van der Waals surface area contributed by atoms with Gasteiger partial charge in [0.2, 0.25) is 11.8 Å². The van der Waals surface area contributed by atoms with Gasteiger partial charge in [0.15, 0.2) is 0 Å². The highest BCUT2D eigenvalue weighted by atomic mass is 79.9. The molecule has 1 saturated heterocycles. The summed E-state index contributed by atoms with van der Waals surface area (Å²) in [6.45, 7) is 0. The maximum absolute atomic E-state index is 12.6. The lowest BCUT2D eigenvalue weighted by atomic mass is 9.81. The third-order valence-electron chi connectivity index (χ3n) is 4.23. The molecule has 3 rings (SSSR count). The number of hydrogen-bond donors (Lipinski definition) is 0. The van der Waals surface area contributed by atoms with Crippen molar-refractivity contribution >= 4 is 55.0 Å². The summed E-state index contributed by atoms with van der Waals surface area (Å²) in [5.41, 5.74) is 0.327. The highest BCUT2D eigenvalue weighted by molar-refractivity contribution is 9.12. The van der Waals surface area contributed by atoms with Crippen LogP contribution in [0, 0.1) is 22.0 Å². The highest BCUT2D eigenvalue weighted by Gasteiger charge is 2.52. The van der Waals surface area contributed by atoms with Gasteiger partial charge in [0, 0.05) is 21.8 Å². The van der Waals surface area contributed by atoms with Gasteiger partial charge in [-0.05, 0) is 25.0 Å². The molecular formula is C14H12Br2N2O4. The number of benzene rings is 1. The quantitative estimate of drug-likeness (QED) is 0.312. The Bertz CT molecular complexity index is 621. The van der Waals surface area contributed by atoms with Crippen molar-refractivity contribution in [2.75, 3.05) is 4.90 Å². The van der Waals surface area contributed by atoms with Crippen molar-refractivity contribution in [2.24, 2.45) is 11.8 Å². The summed E-state index contributed by atoms with van der Waals surface area (Å²) in [4.78, 5) is 36.8. The van der Waals surface area contributed by atoms with Gasteiger partial charge in [-0.1, -0.05) is 31.9 Å². The van der Waals surface area contributed by atoms with E-state index in [1.807, 2.05) is 0 Å². The van der Waals surface area contributed by atoms with Crippen LogP contribution in [0.2, 0.25) is 0 Å². The van der Waals surface area contributed by atoms with Crippen LogP contribution in [0.15, 0.2) is 24.3 Å². The summed E-state index contributed by atoms with van der Waals surface area (Å²) in [7, 11) is 0. The molecule has 1 aliphatic carbocycles. The Hall–Kier alpha value is -1.28. The van der Waals surface area contributed by atoms with E-state index in [0.29, 0.717) is 18.5 Å². The topological polar surface area (TPSA) is 80.5 Å². The minimum absolute atomic E-state index is 0.0682. The van der Waals surface area contributed by atoms with Crippen LogP contribution in [0.3, 0.4) is 0 Å². The summed E-state index contributed by atoms with van der Waals surface area (Å²) in [6.07, 6.45) is 1.21. The Morgan fingerprint density at radius 1 is 1.00 bits per heavy atom. The Labute approximate surface area is 143 Å². The number of alkyl halides is 2.